The molecule has 0 aliphatic carbocycles. The van der Waals surface area contributed by atoms with Gasteiger partial charge < -0.3 is 5.32 Å². The molecule has 0 radical (unpaired) electrons. The zero-order chi connectivity index (χ0) is 16.3. The van der Waals surface area contributed by atoms with Crippen LogP contribution in [0.5, 0.6) is 0 Å². The van der Waals surface area contributed by atoms with Crippen molar-refractivity contribution >= 4 is 40.5 Å². The maximum Gasteiger partial charge on any atom is 0.257 e. The Morgan fingerprint density at radius 3 is 2.41 bits per heavy atom. The first-order valence-corrected chi connectivity index (χ1v) is 6.54. The van der Waals surface area contributed by atoms with Gasteiger partial charge in [0.25, 0.3) is 5.91 Å². The molecule has 0 saturated heterocycles. The molecule has 22 heavy (non-hydrogen) atoms. The zero-order valence-corrected chi connectivity index (χ0v) is 12.2. The molecule has 2 rings (SSSR count). The van der Waals surface area contributed by atoms with Gasteiger partial charge in [-0.15, -0.1) is 0 Å². The van der Waals surface area contributed by atoms with Crippen molar-refractivity contribution in [2.24, 2.45) is 0 Å². The second-order valence-electron chi connectivity index (χ2n) is 4.03. The van der Waals surface area contributed by atoms with Gasteiger partial charge in [-0.3, -0.25) is 10.1 Å². The van der Waals surface area contributed by atoms with Crippen molar-refractivity contribution in [1.29, 1.82) is 0 Å². The average Bonchev–Trinajstić information content (AvgIpc) is 2.44. The molecule has 1 aromatic carbocycles. The normalized spacial score (nSPS) is 10.2. The van der Waals surface area contributed by atoms with E-state index in [1.54, 1.807) is 0 Å². The maximum absolute atomic E-state index is 13.1. The highest BCUT2D eigenvalue weighted by Gasteiger charge is 2.13. The summed E-state index contributed by atoms with van der Waals surface area (Å²) in [6, 6.07) is 4.14. The van der Waals surface area contributed by atoms with E-state index in [-0.39, 0.29) is 21.5 Å². The van der Waals surface area contributed by atoms with Crippen LogP contribution in [-0.4, -0.2) is 16.0 Å². The fourth-order valence-corrected chi connectivity index (χ4v) is 1.89. The molecular formula is C13H7ClF3N3OS. The summed E-state index contributed by atoms with van der Waals surface area (Å²) < 4.78 is 38.9. The van der Waals surface area contributed by atoms with Gasteiger partial charge >= 0.3 is 0 Å². The first kappa shape index (κ1) is 16.2. The van der Waals surface area contributed by atoms with Crippen LogP contribution in [0.15, 0.2) is 30.5 Å². The summed E-state index contributed by atoms with van der Waals surface area (Å²) in [5, 5.41) is 4.55. The minimum atomic E-state index is -1.59. The molecule has 0 unspecified atom stereocenters. The Labute approximate surface area is 133 Å². The Hall–Kier alpha value is -2.19. The molecule has 0 atom stereocenters. The summed E-state index contributed by atoms with van der Waals surface area (Å²) in [5.74, 6) is -4.94. The van der Waals surface area contributed by atoms with Crippen molar-refractivity contribution < 1.29 is 18.0 Å². The number of anilines is 1. The summed E-state index contributed by atoms with van der Waals surface area (Å²) in [6.07, 6.45) is 1.33. The van der Waals surface area contributed by atoms with Crippen molar-refractivity contribution in [1.82, 2.24) is 10.3 Å². The molecule has 1 amide bonds. The highest BCUT2D eigenvalue weighted by Crippen LogP contribution is 2.17. The molecular weight excluding hydrogens is 339 g/mol. The number of hydrogen-bond donors (Lipinski definition) is 2. The molecule has 1 aromatic heterocycles. The number of carbonyl (C=O) groups is 1. The van der Waals surface area contributed by atoms with Crippen molar-refractivity contribution in [2.45, 2.75) is 0 Å². The summed E-state index contributed by atoms with van der Waals surface area (Å²) in [4.78, 5) is 15.6. The fraction of sp³-hybridized carbons (Fsp3) is 0. The first-order chi connectivity index (χ1) is 10.4. The van der Waals surface area contributed by atoms with Gasteiger partial charge in [0.05, 0.1) is 0 Å². The number of rotatable bonds is 2. The predicted octanol–water partition coefficient (Wildman–Crippen LogP) is 3.28. The first-order valence-electron chi connectivity index (χ1n) is 5.75. The Kier molecular flexibility index (Phi) is 4.94. The zero-order valence-electron chi connectivity index (χ0n) is 10.7. The van der Waals surface area contributed by atoms with Gasteiger partial charge in [0.1, 0.15) is 5.15 Å². The van der Waals surface area contributed by atoms with E-state index >= 15 is 0 Å². The van der Waals surface area contributed by atoms with Gasteiger partial charge in [0, 0.05) is 29.6 Å². The number of nitrogens with one attached hydrogen (secondary N) is 2. The van der Waals surface area contributed by atoms with Gasteiger partial charge in [0.2, 0.25) is 0 Å². The third-order valence-electron chi connectivity index (χ3n) is 2.46. The molecule has 0 fully saturated rings. The number of halogens is 4. The average molecular weight is 346 g/mol. The number of carbonyl (C=O) groups excluding carboxylic acids is 1. The maximum atomic E-state index is 13.1. The van der Waals surface area contributed by atoms with Crippen LogP contribution in [0.2, 0.25) is 5.15 Å². The van der Waals surface area contributed by atoms with Crippen LogP contribution in [0.1, 0.15) is 10.4 Å². The van der Waals surface area contributed by atoms with Crippen molar-refractivity contribution in [2.75, 3.05) is 5.32 Å². The van der Waals surface area contributed by atoms with E-state index in [2.05, 4.69) is 15.6 Å². The number of pyridine rings is 1. The van der Waals surface area contributed by atoms with Crippen LogP contribution in [0.25, 0.3) is 0 Å². The van der Waals surface area contributed by atoms with E-state index in [1.165, 1.54) is 18.3 Å². The summed E-state index contributed by atoms with van der Waals surface area (Å²) in [7, 11) is 0. The van der Waals surface area contributed by atoms with E-state index in [1.807, 2.05) is 0 Å². The van der Waals surface area contributed by atoms with Crippen LogP contribution in [0.4, 0.5) is 18.9 Å². The molecule has 0 spiro atoms. The van der Waals surface area contributed by atoms with Gasteiger partial charge in [-0.1, -0.05) is 11.6 Å². The lowest BCUT2D eigenvalue weighted by Crippen LogP contribution is -2.34. The molecule has 9 heteroatoms. The number of thiocarbonyl (C=S) groups is 1. The van der Waals surface area contributed by atoms with E-state index in [4.69, 9.17) is 23.8 Å². The predicted molar refractivity (Wildman–Crippen MR) is 79.2 cm³/mol. The lowest BCUT2D eigenvalue weighted by atomic mass is 10.2. The van der Waals surface area contributed by atoms with Gasteiger partial charge in [-0.25, -0.2) is 18.2 Å². The lowest BCUT2D eigenvalue weighted by Gasteiger charge is -2.10. The number of amides is 1. The Morgan fingerprint density at radius 2 is 1.82 bits per heavy atom. The van der Waals surface area contributed by atoms with Crippen LogP contribution >= 0.6 is 23.8 Å². The van der Waals surface area contributed by atoms with Crippen molar-refractivity contribution in [3.05, 3.63) is 58.6 Å². The molecule has 2 N–H and O–H groups in total. The molecule has 114 valence electrons. The third-order valence-corrected chi connectivity index (χ3v) is 2.87. The molecule has 4 nitrogen and oxygen atoms in total. The quantitative estimate of drug-likeness (QED) is 0.498. The van der Waals surface area contributed by atoms with Crippen LogP contribution in [0, 0.1) is 17.5 Å². The number of hydrogen-bond acceptors (Lipinski definition) is 3. The molecule has 1 heterocycles. The van der Waals surface area contributed by atoms with E-state index in [9.17, 15) is 18.0 Å². The van der Waals surface area contributed by atoms with Crippen LogP contribution < -0.4 is 10.6 Å². The SMILES string of the molecule is O=C(NC(=S)Nc1cc(F)c(F)c(F)c1)c1ccnc(Cl)c1. The monoisotopic (exact) mass is 345 g/mol. The summed E-state index contributed by atoms with van der Waals surface area (Å²) in [5.41, 5.74) is 0.0510. The molecule has 0 aliphatic heterocycles. The number of benzene rings is 1. The minimum absolute atomic E-state index is 0.120. The molecule has 2 aromatic rings. The lowest BCUT2D eigenvalue weighted by molar-refractivity contribution is 0.0977. The highest BCUT2D eigenvalue weighted by molar-refractivity contribution is 7.80. The largest absolute Gasteiger partial charge is 0.332 e. The third kappa shape index (κ3) is 3.92. The topological polar surface area (TPSA) is 54.0 Å². The minimum Gasteiger partial charge on any atom is -0.332 e. The van der Waals surface area contributed by atoms with E-state index in [0.29, 0.717) is 12.1 Å². The molecule has 0 saturated carbocycles. The van der Waals surface area contributed by atoms with Crippen molar-refractivity contribution in [3.8, 4) is 0 Å². The van der Waals surface area contributed by atoms with Crippen LogP contribution in [-0.2, 0) is 0 Å². The summed E-state index contributed by atoms with van der Waals surface area (Å²) in [6.45, 7) is 0. The Balaban J connectivity index is 2.06. The second-order valence-corrected chi connectivity index (χ2v) is 4.82. The molecule has 0 bridgehead atoms. The molecule has 0 aliphatic rings. The smallest absolute Gasteiger partial charge is 0.257 e. The second kappa shape index (κ2) is 6.71. The number of nitrogens with zero attached hydrogens (tertiary/aromatic N) is 1. The fourth-order valence-electron chi connectivity index (χ4n) is 1.51. The van der Waals surface area contributed by atoms with Crippen LogP contribution in [0.3, 0.4) is 0 Å². The Bertz CT molecular complexity index is 734. The van der Waals surface area contributed by atoms with Gasteiger partial charge in [-0.05, 0) is 24.4 Å². The summed E-state index contributed by atoms with van der Waals surface area (Å²) >= 11 is 10.5. The Morgan fingerprint density at radius 1 is 1.18 bits per heavy atom. The van der Waals surface area contributed by atoms with E-state index in [0.717, 1.165) is 0 Å². The van der Waals surface area contributed by atoms with Crippen molar-refractivity contribution in [3.63, 3.8) is 0 Å². The number of aromatic nitrogens is 1. The standard InChI is InChI=1S/C13H7ClF3N3OS/c14-10-3-6(1-2-18-10)12(21)20-13(22)19-7-4-8(15)11(17)9(16)5-7/h1-5H,(H2,19,20,21,22). The van der Waals surface area contributed by atoms with Gasteiger partial charge in [0.15, 0.2) is 22.6 Å². The highest BCUT2D eigenvalue weighted by atomic mass is 35.5. The van der Waals surface area contributed by atoms with E-state index < -0.39 is 23.4 Å². The van der Waals surface area contributed by atoms with Gasteiger partial charge in [-0.2, -0.15) is 0 Å².